The van der Waals surface area contributed by atoms with Gasteiger partial charge in [0.05, 0.1) is 5.56 Å². The van der Waals surface area contributed by atoms with Gasteiger partial charge in [-0.1, -0.05) is 6.07 Å². The molecule has 1 aromatic heterocycles. The van der Waals surface area contributed by atoms with Crippen molar-refractivity contribution in [3.8, 4) is 0 Å². The van der Waals surface area contributed by atoms with Crippen molar-refractivity contribution in [1.82, 2.24) is 14.9 Å². The van der Waals surface area contributed by atoms with Crippen molar-refractivity contribution in [3.63, 3.8) is 0 Å². The maximum absolute atomic E-state index is 13.8. The molecule has 150 valence electrons. The molecule has 2 aromatic rings. The second kappa shape index (κ2) is 9.08. The predicted molar refractivity (Wildman–Crippen MR) is 104 cm³/mol. The number of hydrogen-bond donors (Lipinski definition) is 1. The summed E-state index contributed by atoms with van der Waals surface area (Å²) in [6.45, 7) is 5.24. The number of halogens is 2. The van der Waals surface area contributed by atoms with Crippen LogP contribution in [0.15, 0.2) is 30.6 Å². The molecule has 1 N–H and O–H groups in total. The summed E-state index contributed by atoms with van der Waals surface area (Å²) in [6.07, 6.45) is 5.90. The maximum Gasteiger partial charge on any atom is 0.257 e. The predicted octanol–water partition coefficient (Wildman–Crippen LogP) is 4.06. The molecule has 3 rings (SSSR count). The maximum atomic E-state index is 13.8. The first-order valence-electron chi connectivity index (χ1n) is 9.74. The minimum atomic E-state index is -0.504. The van der Waals surface area contributed by atoms with E-state index in [1.54, 1.807) is 17.3 Å². The highest BCUT2D eigenvalue weighted by atomic mass is 19.1. The Balaban J connectivity index is 1.59. The first kappa shape index (κ1) is 20.2. The second-order valence-electron chi connectivity index (χ2n) is 7.59. The van der Waals surface area contributed by atoms with Crippen molar-refractivity contribution in [2.24, 2.45) is 5.92 Å². The molecule has 1 saturated heterocycles. The van der Waals surface area contributed by atoms with Gasteiger partial charge in [-0.3, -0.25) is 4.79 Å². The molecule has 1 atom stereocenters. The molecule has 2 heterocycles. The van der Waals surface area contributed by atoms with Crippen molar-refractivity contribution < 1.29 is 13.6 Å². The van der Waals surface area contributed by atoms with Crippen molar-refractivity contribution in [3.05, 3.63) is 53.4 Å². The average Bonchev–Trinajstić information content (AvgIpc) is 2.67. The third kappa shape index (κ3) is 5.03. The molecule has 5 nitrogen and oxygen atoms in total. The molecular weight excluding hydrogens is 362 g/mol. The highest BCUT2D eigenvalue weighted by Gasteiger charge is 2.25. The van der Waals surface area contributed by atoms with Crippen molar-refractivity contribution >= 4 is 11.9 Å². The van der Waals surface area contributed by atoms with Crippen LogP contribution in [0.2, 0.25) is 0 Å². The SMILES string of the molecule is CC(C)Nc1ncc(C(=O)N2CCC[C@@H](CCc3c(F)cccc3F)C2)cn1. The molecular formula is C21H26F2N4O. The Morgan fingerprint density at radius 2 is 1.93 bits per heavy atom. The zero-order chi connectivity index (χ0) is 20.1. The molecule has 0 saturated carbocycles. The van der Waals surface area contributed by atoms with Crippen LogP contribution in [-0.4, -0.2) is 39.9 Å². The first-order valence-corrected chi connectivity index (χ1v) is 9.74. The number of benzene rings is 1. The van der Waals surface area contributed by atoms with Gasteiger partial charge >= 0.3 is 0 Å². The number of anilines is 1. The molecule has 0 bridgehead atoms. The Kier molecular flexibility index (Phi) is 6.54. The van der Waals surface area contributed by atoms with Gasteiger partial charge in [-0.25, -0.2) is 18.7 Å². The number of carbonyl (C=O) groups is 1. The highest BCUT2D eigenvalue weighted by Crippen LogP contribution is 2.24. The third-order valence-electron chi connectivity index (χ3n) is 4.99. The summed E-state index contributed by atoms with van der Waals surface area (Å²) >= 11 is 0. The molecule has 1 fully saturated rings. The van der Waals surface area contributed by atoms with Gasteiger partial charge in [-0.15, -0.1) is 0 Å². The van der Waals surface area contributed by atoms with Crippen molar-refractivity contribution in [2.45, 2.75) is 45.6 Å². The van der Waals surface area contributed by atoms with E-state index in [9.17, 15) is 13.6 Å². The monoisotopic (exact) mass is 388 g/mol. The molecule has 0 aliphatic carbocycles. The summed E-state index contributed by atoms with van der Waals surface area (Å²) in [5, 5.41) is 3.09. The van der Waals surface area contributed by atoms with E-state index < -0.39 is 11.6 Å². The molecule has 0 radical (unpaired) electrons. The van der Waals surface area contributed by atoms with E-state index in [1.165, 1.54) is 18.2 Å². The van der Waals surface area contributed by atoms with Gasteiger partial charge in [-0.05, 0) is 57.6 Å². The summed E-state index contributed by atoms with van der Waals surface area (Å²) in [6, 6.07) is 4.16. The van der Waals surface area contributed by atoms with Crippen LogP contribution < -0.4 is 5.32 Å². The van der Waals surface area contributed by atoms with Crippen molar-refractivity contribution in [2.75, 3.05) is 18.4 Å². The standard InChI is InChI=1S/C21H26F2N4O/c1-14(2)26-21-24-11-16(12-25-21)20(28)27-10-4-5-15(13-27)8-9-17-18(22)6-3-7-19(17)23/h3,6-7,11-12,14-15H,4-5,8-10,13H2,1-2H3,(H,24,25,26)/t15-/m0/s1. The van der Waals surface area contributed by atoms with Crippen LogP contribution >= 0.6 is 0 Å². The van der Waals surface area contributed by atoms with E-state index in [-0.39, 0.29) is 23.4 Å². The first-order chi connectivity index (χ1) is 13.4. The molecule has 28 heavy (non-hydrogen) atoms. The van der Waals surface area contributed by atoms with Crippen LogP contribution in [0.4, 0.5) is 14.7 Å². The third-order valence-corrected chi connectivity index (χ3v) is 4.99. The summed E-state index contributed by atoms with van der Waals surface area (Å²) in [7, 11) is 0. The zero-order valence-electron chi connectivity index (χ0n) is 16.3. The second-order valence-corrected chi connectivity index (χ2v) is 7.59. The number of nitrogens with zero attached hydrogens (tertiary/aromatic N) is 3. The fourth-order valence-corrected chi connectivity index (χ4v) is 3.56. The van der Waals surface area contributed by atoms with Gasteiger partial charge in [-0.2, -0.15) is 0 Å². The van der Waals surface area contributed by atoms with Gasteiger partial charge in [0.15, 0.2) is 0 Å². The molecule has 1 amide bonds. The van der Waals surface area contributed by atoms with Crippen molar-refractivity contribution in [1.29, 1.82) is 0 Å². The van der Waals surface area contributed by atoms with Crippen LogP contribution in [0.5, 0.6) is 0 Å². The minimum absolute atomic E-state index is 0.0992. The fourth-order valence-electron chi connectivity index (χ4n) is 3.56. The molecule has 1 aliphatic heterocycles. The Morgan fingerprint density at radius 1 is 1.25 bits per heavy atom. The topological polar surface area (TPSA) is 58.1 Å². The number of likely N-dealkylation sites (tertiary alicyclic amines) is 1. The van der Waals surface area contributed by atoms with E-state index >= 15 is 0 Å². The number of amides is 1. The normalized spacial score (nSPS) is 17.0. The van der Waals surface area contributed by atoms with Gasteiger partial charge in [0, 0.05) is 37.1 Å². The lowest BCUT2D eigenvalue weighted by atomic mass is 9.91. The summed E-state index contributed by atoms with van der Waals surface area (Å²) in [4.78, 5) is 23.0. The Bertz CT molecular complexity index is 790. The molecule has 0 spiro atoms. The lowest BCUT2D eigenvalue weighted by Gasteiger charge is -2.33. The van der Waals surface area contributed by atoms with E-state index in [0.29, 0.717) is 37.4 Å². The quantitative estimate of drug-likeness (QED) is 0.811. The van der Waals surface area contributed by atoms with Gasteiger partial charge in [0.25, 0.3) is 5.91 Å². The lowest BCUT2D eigenvalue weighted by molar-refractivity contribution is 0.0667. The van der Waals surface area contributed by atoms with Crippen LogP contribution in [-0.2, 0) is 6.42 Å². The molecule has 1 aromatic carbocycles. The number of piperidine rings is 1. The lowest BCUT2D eigenvalue weighted by Crippen LogP contribution is -2.40. The molecule has 1 aliphatic rings. The van der Waals surface area contributed by atoms with E-state index in [4.69, 9.17) is 0 Å². The fraction of sp³-hybridized carbons (Fsp3) is 0.476. The van der Waals surface area contributed by atoms with E-state index in [0.717, 1.165) is 12.8 Å². The Morgan fingerprint density at radius 3 is 2.57 bits per heavy atom. The number of hydrogen-bond acceptors (Lipinski definition) is 4. The smallest absolute Gasteiger partial charge is 0.257 e. The van der Waals surface area contributed by atoms with E-state index in [1.807, 2.05) is 13.8 Å². The Hall–Kier alpha value is -2.57. The highest BCUT2D eigenvalue weighted by molar-refractivity contribution is 5.93. The van der Waals surface area contributed by atoms with Gasteiger partial charge in [0.1, 0.15) is 11.6 Å². The van der Waals surface area contributed by atoms with E-state index in [2.05, 4.69) is 15.3 Å². The summed E-state index contributed by atoms with van der Waals surface area (Å²) < 4.78 is 27.6. The molecule has 7 heteroatoms. The molecule has 0 unspecified atom stereocenters. The number of rotatable bonds is 6. The minimum Gasteiger partial charge on any atom is -0.352 e. The van der Waals surface area contributed by atoms with Gasteiger partial charge < -0.3 is 10.2 Å². The van der Waals surface area contributed by atoms with Crippen LogP contribution in [0.1, 0.15) is 49.0 Å². The summed E-state index contributed by atoms with van der Waals surface area (Å²) in [5.41, 5.74) is 0.586. The largest absolute Gasteiger partial charge is 0.352 e. The van der Waals surface area contributed by atoms with Crippen LogP contribution in [0.3, 0.4) is 0 Å². The number of carbonyl (C=O) groups excluding carboxylic acids is 1. The van der Waals surface area contributed by atoms with Crippen LogP contribution in [0, 0.1) is 17.6 Å². The number of aromatic nitrogens is 2. The number of nitrogens with one attached hydrogen (secondary N) is 1. The summed E-state index contributed by atoms with van der Waals surface area (Å²) in [5.74, 6) is -0.390. The zero-order valence-corrected chi connectivity index (χ0v) is 16.3. The van der Waals surface area contributed by atoms with Gasteiger partial charge in [0.2, 0.25) is 5.95 Å². The average molecular weight is 388 g/mol. The Labute approximate surface area is 164 Å². The van der Waals surface area contributed by atoms with Crippen LogP contribution in [0.25, 0.3) is 0 Å².